The Morgan fingerprint density at radius 2 is 2.10 bits per heavy atom. The summed E-state index contributed by atoms with van der Waals surface area (Å²) in [7, 11) is 1.53. The van der Waals surface area contributed by atoms with Crippen molar-refractivity contribution in [3.05, 3.63) is 35.1 Å². The second kappa shape index (κ2) is 4.64. The van der Waals surface area contributed by atoms with Crippen LogP contribution >= 0.6 is 11.6 Å². The molecule has 0 radical (unpaired) electrons. The minimum absolute atomic E-state index is 0.304. The molecule has 0 fully saturated rings. The molecule has 3 aromatic rings. The number of benzene rings is 1. The highest BCUT2D eigenvalue weighted by Crippen LogP contribution is 2.28. The summed E-state index contributed by atoms with van der Waals surface area (Å²) in [6.45, 7) is 1.94. The van der Waals surface area contributed by atoms with Crippen LogP contribution in [-0.2, 0) is 0 Å². The summed E-state index contributed by atoms with van der Waals surface area (Å²) in [6.07, 6.45) is 1.41. The number of aryl methyl sites for hydroxylation is 1. The molecule has 0 atom stereocenters. The van der Waals surface area contributed by atoms with Gasteiger partial charge in [-0.2, -0.15) is 4.98 Å². The number of hydrogen-bond acceptors (Lipinski definition) is 5. The van der Waals surface area contributed by atoms with Crippen molar-refractivity contribution in [2.45, 2.75) is 6.92 Å². The number of nitrogens with two attached hydrogens (primary N) is 1. The Bertz CT molecular complexity index is 799. The lowest BCUT2D eigenvalue weighted by atomic mass is 10.2. The molecule has 3 rings (SSSR count). The van der Waals surface area contributed by atoms with Crippen molar-refractivity contribution < 1.29 is 4.74 Å². The minimum Gasteiger partial charge on any atom is -0.479 e. The molecular weight excluding hydrogens is 278 g/mol. The quantitative estimate of drug-likeness (QED) is 0.783. The summed E-state index contributed by atoms with van der Waals surface area (Å²) in [6, 6.07) is 5.65. The summed E-state index contributed by atoms with van der Waals surface area (Å²) in [5, 5.41) is 0.657. The molecule has 0 unspecified atom stereocenters. The molecule has 0 saturated carbocycles. The lowest BCUT2D eigenvalue weighted by Gasteiger charge is -2.07. The number of fused-ring (bicyclic) bond motifs is 1. The summed E-state index contributed by atoms with van der Waals surface area (Å²) in [4.78, 5) is 12.5. The van der Waals surface area contributed by atoms with E-state index in [9.17, 15) is 0 Å². The van der Waals surface area contributed by atoms with E-state index in [1.54, 1.807) is 4.57 Å². The zero-order valence-electron chi connectivity index (χ0n) is 11.0. The van der Waals surface area contributed by atoms with Gasteiger partial charge in [-0.15, -0.1) is 0 Å². The fraction of sp³-hybridized carbons (Fsp3) is 0.154. The number of rotatable bonds is 2. The van der Waals surface area contributed by atoms with E-state index in [2.05, 4.69) is 15.0 Å². The van der Waals surface area contributed by atoms with Gasteiger partial charge in [0.25, 0.3) is 0 Å². The fourth-order valence-corrected chi connectivity index (χ4v) is 2.19. The number of aromatic nitrogens is 4. The first kappa shape index (κ1) is 12.7. The monoisotopic (exact) mass is 289 g/mol. The van der Waals surface area contributed by atoms with Gasteiger partial charge in [0, 0.05) is 5.02 Å². The van der Waals surface area contributed by atoms with Crippen LogP contribution in [0, 0.1) is 6.92 Å². The van der Waals surface area contributed by atoms with Crippen molar-refractivity contribution in [1.29, 1.82) is 0 Å². The first-order valence-electron chi connectivity index (χ1n) is 5.91. The smallest absolute Gasteiger partial charge is 0.245 e. The molecule has 0 saturated heterocycles. The van der Waals surface area contributed by atoms with Gasteiger partial charge in [0.05, 0.1) is 12.8 Å². The Balaban J connectivity index is 2.30. The van der Waals surface area contributed by atoms with Gasteiger partial charge >= 0.3 is 0 Å². The standard InChI is InChI=1S/C13H12ClN5O/c1-7-3-4-8(5-9(7)14)19-11-10(18-13(19)15)12(20-2)17-6-16-11/h3-6H,1-2H3,(H2,15,18). The Kier molecular flexibility index (Phi) is 2.94. The van der Waals surface area contributed by atoms with Crippen LogP contribution in [0.2, 0.25) is 5.02 Å². The molecular formula is C13H12ClN5O. The van der Waals surface area contributed by atoms with Gasteiger partial charge in [-0.1, -0.05) is 17.7 Å². The maximum absolute atomic E-state index is 6.16. The summed E-state index contributed by atoms with van der Waals surface area (Å²) in [5.41, 5.74) is 8.86. The average molecular weight is 290 g/mol. The van der Waals surface area contributed by atoms with Crippen molar-refractivity contribution in [3.8, 4) is 11.6 Å². The Morgan fingerprint density at radius 1 is 1.30 bits per heavy atom. The summed E-state index contributed by atoms with van der Waals surface area (Å²) in [5.74, 6) is 0.692. The molecule has 7 heteroatoms. The first-order valence-corrected chi connectivity index (χ1v) is 6.29. The zero-order chi connectivity index (χ0) is 14.3. The number of nitrogen functional groups attached to an aromatic ring is 1. The number of ether oxygens (including phenoxy) is 1. The predicted molar refractivity (Wildman–Crippen MR) is 77.4 cm³/mol. The first-order chi connectivity index (χ1) is 9.61. The van der Waals surface area contributed by atoms with Gasteiger partial charge in [0.15, 0.2) is 11.2 Å². The molecule has 0 bridgehead atoms. The Labute approximate surface area is 120 Å². The van der Waals surface area contributed by atoms with E-state index < -0.39 is 0 Å². The van der Waals surface area contributed by atoms with Gasteiger partial charge in [-0.3, -0.25) is 4.57 Å². The van der Waals surface area contributed by atoms with Crippen LogP contribution in [0.25, 0.3) is 16.9 Å². The van der Waals surface area contributed by atoms with Crippen molar-refractivity contribution in [1.82, 2.24) is 19.5 Å². The molecule has 0 aliphatic heterocycles. The highest BCUT2D eigenvalue weighted by Gasteiger charge is 2.16. The van der Waals surface area contributed by atoms with E-state index in [-0.39, 0.29) is 0 Å². The van der Waals surface area contributed by atoms with E-state index in [1.807, 2.05) is 25.1 Å². The number of methoxy groups -OCH3 is 1. The molecule has 0 aliphatic rings. The minimum atomic E-state index is 0.304. The van der Waals surface area contributed by atoms with E-state index in [1.165, 1.54) is 13.4 Å². The van der Waals surface area contributed by atoms with Crippen LogP contribution in [0.3, 0.4) is 0 Å². The zero-order valence-corrected chi connectivity index (χ0v) is 11.7. The predicted octanol–water partition coefficient (Wildman–Crippen LogP) is 2.37. The van der Waals surface area contributed by atoms with Crippen LogP contribution in [0.15, 0.2) is 24.5 Å². The van der Waals surface area contributed by atoms with E-state index in [0.717, 1.165) is 11.3 Å². The van der Waals surface area contributed by atoms with E-state index in [4.69, 9.17) is 22.1 Å². The molecule has 1 aromatic carbocycles. The third-order valence-corrected chi connectivity index (χ3v) is 3.45. The third-order valence-electron chi connectivity index (χ3n) is 3.04. The van der Waals surface area contributed by atoms with Crippen LogP contribution < -0.4 is 10.5 Å². The molecule has 0 aliphatic carbocycles. The largest absolute Gasteiger partial charge is 0.479 e. The number of imidazole rings is 1. The maximum atomic E-state index is 6.16. The Hall–Kier alpha value is -2.34. The van der Waals surface area contributed by atoms with E-state index >= 15 is 0 Å². The highest BCUT2D eigenvalue weighted by molar-refractivity contribution is 6.31. The molecule has 6 nitrogen and oxygen atoms in total. The summed E-state index contributed by atoms with van der Waals surface area (Å²) >= 11 is 6.16. The second-order valence-corrected chi connectivity index (χ2v) is 4.70. The molecule has 2 aromatic heterocycles. The number of hydrogen-bond donors (Lipinski definition) is 1. The molecule has 20 heavy (non-hydrogen) atoms. The summed E-state index contributed by atoms with van der Waals surface area (Å²) < 4.78 is 6.88. The molecule has 0 spiro atoms. The third kappa shape index (κ3) is 1.85. The Morgan fingerprint density at radius 3 is 2.80 bits per heavy atom. The van der Waals surface area contributed by atoms with Gasteiger partial charge in [-0.25, -0.2) is 9.97 Å². The highest BCUT2D eigenvalue weighted by atomic mass is 35.5. The SMILES string of the molecule is COc1ncnc2c1nc(N)n2-c1ccc(C)c(Cl)c1. The lowest BCUT2D eigenvalue weighted by Crippen LogP contribution is -2.01. The van der Waals surface area contributed by atoms with Crippen molar-refractivity contribution >= 4 is 28.7 Å². The van der Waals surface area contributed by atoms with Gasteiger partial charge < -0.3 is 10.5 Å². The number of anilines is 1. The second-order valence-electron chi connectivity index (χ2n) is 4.29. The van der Waals surface area contributed by atoms with Crippen LogP contribution in [0.5, 0.6) is 5.88 Å². The van der Waals surface area contributed by atoms with Gasteiger partial charge in [0.1, 0.15) is 6.33 Å². The lowest BCUT2D eigenvalue weighted by molar-refractivity contribution is 0.401. The average Bonchev–Trinajstić information content (AvgIpc) is 2.78. The molecule has 102 valence electrons. The topological polar surface area (TPSA) is 78.8 Å². The van der Waals surface area contributed by atoms with Crippen LogP contribution in [-0.4, -0.2) is 26.6 Å². The van der Waals surface area contributed by atoms with Crippen molar-refractivity contribution in [2.24, 2.45) is 0 Å². The van der Waals surface area contributed by atoms with Crippen molar-refractivity contribution in [3.63, 3.8) is 0 Å². The fourth-order valence-electron chi connectivity index (χ4n) is 2.01. The number of halogens is 1. The normalized spacial score (nSPS) is 10.9. The van der Waals surface area contributed by atoms with Gasteiger partial charge in [-0.05, 0) is 24.6 Å². The van der Waals surface area contributed by atoms with E-state index in [0.29, 0.717) is 28.0 Å². The van der Waals surface area contributed by atoms with Crippen LogP contribution in [0.1, 0.15) is 5.56 Å². The van der Waals surface area contributed by atoms with Gasteiger partial charge in [0.2, 0.25) is 11.8 Å². The van der Waals surface area contributed by atoms with Crippen LogP contribution in [0.4, 0.5) is 5.95 Å². The maximum Gasteiger partial charge on any atom is 0.245 e. The molecule has 0 amide bonds. The van der Waals surface area contributed by atoms with Crippen molar-refractivity contribution in [2.75, 3.05) is 12.8 Å². The molecule has 2 N–H and O–H groups in total. The molecule has 2 heterocycles. The number of nitrogens with zero attached hydrogens (tertiary/aromatic N) is 4.